The molecular weight excluding hydrogens is 339 g/mol. The van der Waals surface area contributed by atoms with Crippen LogP contribution < -0.4 is 5.32 Å². The normalized spacial score (nSPS) is 12.8. The number of aromatic nitrogens is 2. The highest BCUT2D eigenvalue weighted by molar-refractivity contribution is 5.83. The summed E-state index contributed by atoms with van der Waals surface area (Å²) in [6.07, 6.45) is -1.22. The molecule has 1 heterocycles. The minimum atomic E-state index is -1.65. The van der Waals surface area contributed by atoms with Crippen molar-refractivity contribution in [1.82, 2.24) is 20.2 Å². The molecular formula is C18H25FN4O3. The number of hydrogen-bond acceptors (Lipinski definition) is 4. The fourth-order valence-electron chi connectivity index (χ4n) is 2.60. The van der Waals surface area contributed by atoms with E-state index < -0.39 is 24.1 Å². The van der Waals surface area contributed by atoms with Crippen molar-refractivity contribution < 1.29 is 19.1 Å². The molecule has 0 bridgehead atoms. The maximum Gasteiger partial charge on any atom is 0.253 e. The summed E-state index contributed by atoms with van der Waals surface area (Å²) in [7, 11) is 1.45. The molecule has 0 aliphatic carbocycles. The first-order chi connectivity index (χ1) is 12.2. The number of halogens is 1. The number of H-pyrrole nitrogens is 1. The molecule has 0 spiro atoms. The molecule has 7 nitrogen and oxygen atoms in total. The van der Waals surface area contributed by atoms with Crippen molar-refractivity contribution >= 4 is 22.8 Å². The molecule has 0 aliphatic rings. The van der Waals surface area contributed by atoms with Gasteiger partial charge in [-0.15, -0.1) is 0 Å². The lowest BCUT2D eigenvalue weighted by Crippen LogP contribution is -2.44. The van der Waals surface area contributed by atoms with Crippen LogP contribution in [0.2, 0.25) is 0 Å². The van der Waals surface area contributed by atoms with Crippen molar-refractivity contribution in [3.63, 3.8) is 0 Å². The fourth-order valence-corrected chi connectivity index (χ4v) is 2.60. The third kappa shape index (κ3) is 4.78. The highest BCUT2D eigenvalue weighted by atomic mass is 19.1. The Kier molecular flexibility index (Phi) is 6.31. The number of rotatable bonds is 8. The van der Waals surface area contributed by atoms with E-state index in [-0.39, 0.29) is 19.0 Å². The van der Waals surface area contributed by atoms with Crippen molar-refractivity contribution in [2.75, 3.05) is 26.8 Å². The van der Waals surface area contributed by atoms with E-state index in [0.29, 0.717) is 6.42 Å². The van der Waals surface area contributed by atoms with E-state index >= 15 is 0 Å². The van der Waals surface area contributed by atoms with E-state index in [0.717, 1.165) is 16.9 Å². The van der Waals surface area contributed by atoms with Crippen LogP contribution in [-0.4, -0.2) is 64.7 Å². The van der Waals surface area contributed by atoms with E-state index in [9.17, 15) is 19.1 Å². The Balaban J connectivity index is 1.88. The van der Waals surface area contributed by atoms with Crippen LogP contribution in [0, 0.1) is 5.41 Å². The number of alkyl halides is 1. The minimum Gasteiger partial charge on any atom is -0.381 e. The van der Waals surface area contributed by atoms with Crippen molar-refractivity contribution in [1.29, 1.82) is 0 Å². The number of likely N-dealkylation sites (N-methyl/N-ethyl adjacent to an activating group) is 1. The van der Waals surface area contributed by atoms with Gasteiger partial charge in [0, 0.05) is 26.6 Å². The van der Waals surface area contributed by atoms with Crippen LogP contribution in [-0.2, 0) is 16.0 Å². The van der Waals surface area contributed by atoms with Crippen molar-refractivity contribution in [3.8, 4) is 0 Å². The van der Waals surface area contributed by atoms with Crippen LogP contribution >= 0.6 is 0 Å². The number of carbonyl (C=O) groups excluding carboxylic acids is 2. The number of para-hydroxylation sites is 2. The van der Waals surface area contributed by atoms with Gasteiger partial charge in [-0.05, 0) is 12.1 Å². The third-order valence-corrected chi connectivity index (χ3v) is 4.20. The Morgan fingerprint density at radius 3 is 2.73 bits per heavy atom. The molecule has 0 unspecified atom stereocenters. The maximum atomic E-state index is 12.5. The summed E-state index contributed by atoms with van der Waals surface area (Å²) in [4.78, 5) is 32.9. The highest BCUT2D eigenvalue weighted by Gasteiger charge is 2.29. The minimum absolute atomic E-state index is 0.176. The lowest BCUT2D eigenvalue weighted by Gasteiger charge is -2.24. The number of hydrogen-bond donors (Lipinski definition) is 3. The molecule has 0 aliphatic heterocycles. The van der Waals surface area contributed by atoms with E-state index in [4.69, 9.17) is 0 Å². The number of amides is 2. The Morgan fingerprint density at radius 1 is 1.38 bits per heavy atom. The van der Waals surface area contributed by atoms with Crippen LogP contribution in [0.1, 0.15) is 19.7 Å². The molecule has 0 saturated heterocycles. The number of fused-ring (bicyclic) bond motifs is 1. The van der Waals surface area contributed by atoms with Crippen LogP contribution in [0.5, 0.6) is 0 Å². The number of aliphatic hydroxyl groups excluding tert-OH is 1. The predicted molar refractivity (Wildman–Crippen MR) is 96.2 cm³/mol. The first-order valence-corrected chi connectivity index (χ1v) is 8.45. The second-order valence-corrected chi connectivity index (χ2v) is 6.95. The molecule has 2 aromatic rings. The quantitative estimate of drug-likeness (QED) is 0.652. The average Bonchev–Trinajstić information content (AvgIpc) is 3.01. The average molecular weight is 364 g/mol. The van der Waals surface area contributed by atoms with Gasteiger partial charge in [0.05, 0.1) is 16.4 Å². The first kappa shape index (κ1) is 19.8. The highest BCUT2D eigenvalue weighted by Crippen LogP contribution is 2.22. The number of nitrogens with one attached hydrogen (secondary N) is 2. The van der Waals surface area contributed by atoms with Gasteiger partial charge in [-0.2, -0.15) is 0 Å². The standard InChI is InChI=1S/C18H25FN4O3/c1-18(2,10-15-21-12-6-4-5-7-13(12)22-15)17(26)20-8-9-23(3)16(25)14(24)11-19/h4-7,14,24H,8-11H2,1-3H3,(H,20,26)(H,21,22)/t14-/m1/s1. The van der Waals surface area contributed by atoms with Crippen molar-refractivity contribution in [3.05, 3.63) is 30.1 Å². The van der Waals surface area contributed by atoms with E-state index in [1.54, 1.807) is 0 Å². The molecule has 8 heteroatoms. The Morgan fingerprint density at radius 2 is 2.08 bits per heavy atom. The van der Waals surface area contributed by atoms with Gasteiger partial charge < -0.3 is 20.3 Å². The molecule has 0 saturated carbocycles. The summed E-state index contributed by atoms with van der Waals surface area (Å²) >= 11 is 0. The molecule has 3 N–H and O–H groups in total. The lowest BCUT2D eigenvalue weighted by molar-refractivity contribution is -0.140. The maximum absolute atomic E-state index is 12.5. The summed E-state index contributed by atoms with van der Waals surface area (Å²) in [5.41, 5.74) is 1.07. The number of aromatic amines is 1. The Hall–Kier alpha value is -2.48. The second kappa shape index (κ2) is 8.27. The second-order valence-electron chi connectivity index (χ2n) is 6.95. The first-order valence-electron chi connectivity index (χ1n) is 8.45. The smallest absolute Gasteiger partial charge is 0.253 e. The van der Waals surface area contributed by atoms with Gasteiger partial charge in [0.25, 0.3) is 5.91 Å². The van der Waals surface area contributed by atoms with Gasteiger partial charge in [0.2, 0.25) is 5.91 Å². The molecule has 1 aromatic carbocycles. The van der Waals surface area contributed by atoms with Crippen molar-refractivity contribution in [2.24, 2.45) is 5.41 Å². The number of benzene rings is 1. The molecule has 0 fully saturated rings. The molecule has 2 amide bonds. The summed E-state index contributed by atoms with van der Waals surface area (Å²) in [6.45, 7) is 2.90. The number of carbonyl (C=O) groups is 2. The number of nitrogens with zero attached hydrogens (tertiary/aromatic N) is 2. The molecule has 26 heavy (non-hydrogen) atoms. The zero-order valence-corrected chi connectivity index (χ0v) is 15.3. The molecule has 0 radical (unpaired) electrons. The Labute approximate surface area is 151 Å². The van der Waals surface area contributed by atoms with Gasteiger partial charge in [-0.25, -0.2) is 9.37 Å². The summed E-state index contributed by atoms with van der Waals surface area (Å²) in [5.74, 6) is -0.155. The van der Waals surface area contributed by atoms with Gasteiger partial charge in [0.15, 0.2) is 6.10 Å². The van der Waals surface area contributed by atoms with E-state index in [1.807, 2.05) is 38.1 Å². The number of imidazole rings is 1. The molecule has 1 aromatic heterocycles. The van der Waals surface area contributed by atoms with Gasteiger partial charge in [-0.3, -0.25) is 9.59 Å². The zero-order chi connectivity index (χ0) is 19.3. The largest absolute Gasteiger partial charge is 0.381 e. The molecule has 2 rings (SSSR count). The zero-order valence-electron chi connectivity index (χ0n) is 15.3. The van der Waals surface area contributed by atoms with Crippen LogP contribution in [0.25, 0.3) is 11.0 Å². The topological polar surface area (TPSA) is 98.3 Å². The fraction of sp³-hybridized carbons (Fsp3) is 0.500. The van der Waals surface area contributed by atoms with Crippen LogP contribution in [0.4, 0.5) is 4.39 Å². The summed E-state index contributed by atoms with van der Waals surface area (Å²) < 4.78 is 12.3. The molecule has 142 valence electrons. The van der Waals surface area contributed by atoms with Crippen LogP contribution in [0.3, 0.4) is 0 Å². The van der Waals surface area contributed by atoms with Crippen LogP contribution in [0.15, 0.2) is 24.3 Å². The van der Waals surface area contributed by atoms with E-state index in [1.165, 1.54) is 11.9 Å². The SMILES string of the molecule is CN(CCNC(=O)C(C)(C)Cc1nc2ccccc2[nH]1)C(=O)[C@H](O)CF. The Bertz CT molecular complexity index is 742. The monoisotopic (exact) mass is 364 g/mol. The predicted octanol–water partition coefficient (Wildman–Crippen LogP) is 1.04. The van der Waals surface area contributed by atoms with Gasteiger partial charge >= 0.3 is 0 Å². The van der Waals surface area contributed by atoms with Gasteiger partial charge in [-0.1, -0.05) is 26.0 Å². The number of aliphatic hydroxyl groups is 1. The summed E-state index contributed by atoms with van der Waals surface area (Å²) in [5, 5.41) is 12.0. The van der Waals surface area contributed by atoms with Crippen molar-refractivity contribution in [2.45, 2.75) is 26.4 Å². The lowest BCUT2D eigenvalue weighted by atomic mass is 9.88. The summed E-state index contributed by atoms with van der Waals surface area (Å²) in [6, 6.07) is 7.65. The molecule has 1 atom stereocenters. The van der Waals surface area contributed by atoms with E-state index in [2.05, 4.69) is 15.3 Å². The van der Waals surface area contributed by atoms with Gasteiger partial charge in [0.1, 0.15) is 12.5 Å². The third-order valence-electron chi connectivity index (χ3n) is 4.20.